The number of ketones is 1. The summed E-state index contributed by atoms with van der Waals surface area (Å²) in [7, 11) is 0. The lowest BCUT2D eigenvalue weighted by Gasteiger charge is -2.16. The van der Waals surface area contributed by atoms with Crippen LogP contribution >= 0.6 is 34.4 Å². The topological polar surface area (TPSA) is 56.0 Å². The highest BCUT2D eigenvalue weighted by Crippen LogP contribution is 2.37. The third-order valence-electron chi connectivity index (χ3n) is 4.29. The number of hydrogen-bond donors (Lipinski definition) is 0. The van der Waals surface area contributed by atoms with E-state index in [0.29, 0.717) is 16.9 Å². The van der Waals surface area contributed by atoms with E-state index in [9.17, 15) is 4.79 Å². The van der Waals surface area contributed by atoms with E-state index in [1.165, 1.54) is 40.0 Å². The van der Waals surface area contributed by atoms with Gasteiger partial charge >= 0.3 is 0 Å². The van der Waals surface area contributed by atoms with Gasteiger partial charge in [-0.3, -0.25) is 4.79 Å². The predicted molar refractivity (Wildman–Crippen MR) is 103 cm³/mol. The molecule has 1 aliphatic rings. The number of aryl methyl sites for hydroxylation is 2. The molecule has 0 unspecified atom stereocenters. The lowest BCUT2D eigenvalue weighted by Crippen LogP contribution is -2.07. The molecule has 7 heteroatoms. The quantitative estimate of drug-likeness (QED) is 0.439. The molecule has 1 atom stereocenters. The van der Waals surface area contributed by atoms with Gasteiger partial charge in [-0.1, -0.05) is 18.7 Å². The molecule has 0 radical (unpaired) electrons. The van der Waals surface area contributed by atoms with Crippen molar-refractivity contribution < 1.29 is 9.21 Å². The van der Waals surface area contributed by atoms with Crippen LogP contribution in [0.25, 0.3) is 10.8 Å². The molecular formula is C18H18N2O2S3. The summed E-state index contributed by atoms with van der Waals surface area (Å²) in [6, 6.07) is 6.03. The van der Waals surface area contributed by atoms with Crippen LogP contribution in [0.2, 0.25) is 0 Å². The Kier molecular flexibility index (Phi) is 4.80. The number of hydrogen-bond acceptors (Lipinski definition) is 7. The fourth-order valence-corrected chi connectivity index (χ4v) is 5.63. The Morgan fingerprint density at radius 3 is 3.04 bits per heavy atom. The Morgan fingerprint density at radius 1 is 1.36 bits per heavy atom. The highest BCUT2D eigenvalue weighted by Gasteiger charge is 2.21. The summed E-state index contributed by atoms with van der Waals surface area (Å²) in [5.41, 5.74) is 1.43. The SMILES string of the molecule is Cc1ccc(C(=O)CSc2nnc(-c3cc4c(s3)CC[C@@H](C)C4)o2)s1. The van der Waals surface area contributed by atoms with E-state index < -0.39 is 0 Å². The minimum atomic E-state index is 0.100. The first-order chi connectivity index (χ1) is 12.1. The Labute approximate surface area is 158 Å². The molecule has 0 fully saturated rings. The van der Waals surface area contributed by atoms with Crippen LogP contribution in [0, 0.1) is 12.8 Å². The van der Waals surface area contributed by atoms with E-state index in [-0.39, 0.29) is 5.78 Å². The van der Waals surface area contributed by atoms with Gasteiger partial charge in [-0.2, -0.15) is 0 Å². The summed E-state index contributed by atoms with van der Waals surface area (Å²) < 4.78 is 5.77. The fraction of sp³-hybridized carbons (Fsp3) is 0.389. The van der Waals surface area contributed by atoms with Gasteiger partial charge in [0.2, 0.25) is 0 Å². The minimum absolute atomic E-state index is 0.100. The van der Waals surface area contributed by atoms with Crippen molar-refractivity contribution in [1.29, 1.82) is 0 Å². The molecular weight excluding hydrogens is 372 g/mol. The maximum atomic E-state index is 12.2. The molecule has 4 rings (SSSR count). The maximum absolute atomic E-state index is 12.2. The summed E-state index contributed by atoms with van der Waals surface area (Å²) in [6.45, 7) is 4.30. The third-order valence-corrected chi connectivity index (χ3v) is 7.37. The van der Waals surface area contributed by atoms with Crippen LogP contribution in [0.1, 0.15) is 38.3 Å². The van der Waals surface area contributed by atoms with Gasteiger partial charge in [0.25, 0.3) is 11.1 Å². The van der Waals surface area contributed by atoms with Crippen molar-refractivity contribution >= 4 is 40.2 Å². The Morgan fingerprint density at radius 2 is 2.24 bits per heavy atom. The minimum Gasteiger partial charge on any atom is -0.410 e. The van der Waals surface area contributed by atoms with Gasteiger partial charge in [0.05, 0.1) is 15.5 Å². The van der Waals surface area contributed by atoms with Gasteiger partial charge in [-0.05, 0) is 55.9 Å². The van der Waals surface area contributed by atoms with Crippen molar-refractivity contribution in [1.82, 2.24) is 10.2 Å². The molecule has 0 aromatic carbocycles. The van der Waals surface area contributed by atoms with Crippen molar-refractivity contribution in [2.24, 2.45) is 5.92 Å². The zero-order valence-corrected chi connectivity index (χ0v) is 16.5. The number of rotatable bonds is 5. The molecule has 25 heavy (non-hydrogen) atoms. The van der Waals surface area contributed by atoms with E-state index in [1.807, 2.05) is 19.1 Å². The van der Waals surface area contributed by atoms with E-state index in [4.69, 9.17) is 4.42 Å². The standard InChI is InChI=1S/C18H18N2O2S3/c1-10-3-5-14-12(7-10)8-16(25-14)17-19-20-18(22-17)23-9-13(21)15-6-4-11(2)24-15/h4,6,8,10H,3,5,7,9H2,1-2H3/t10-/m1/s1. The molecule has 0 spiro atoms. The van der Waals surface area contributed by atoms with Crippen LogP contribution in [0.15, 0.2) is 27.8 Å². The summed E-state index contributed by atoms with van der Waals surface area (Å²) in [6.07, 6.45) is 3.53. The van der Waals surface area contributed by atoms with Gasteiger partial charge in [0.1, 0.15) is 0 Å². The Balaban J connectivity index is 1.43. The molecule has 4 nitrogen and oxygen atoms in total. The Hall–Kier alpha value is -1.44. The maximum Gasteiger partial charge on any atom is 0.277 e. The van der Waals surface area contributed by atoms with E-state index in [0.717, 1.165) is 33.4 Å². The fourth-order valence-electron chi connectivity index (χ4n) is 2.96. The van der Waals surface area contributed by atoms with Gasteiger partial charge in [0, 0.05) is 9.75 Å². The summed E-state index contributed by atoms with van der Waals surface area (Å²) in [5, 5.41) is 8.71. The van der Waals surface area contributed by atoms with Crippen molar-refractivity contribution in [3.8, 4) is 10.8 Å². The van der Waals surface area contributed by atoms with Crippen LogP contribution in [-0.4, -0.2) is 21.7 Å². The second-order valence-corrected chi connectivity index (χ2v) is 9.75. The normalized spacial score (nSPS) is 16.8. The van der Waals surface area contributed by atoms with Crippen LogP contribution in [0.3, 0.4) is 0 Å². The zero-order chi connectivity index (χ0) is 17.4. The van der Waals surface area contributed by atoms with E-state index in [2.05, 4.69) is 23.2 Å². The summed E-state index contributed by atoms with van der Waals surface area (Å²) in [5.74, 6) is 1.73. The number of aromatic nitrogens is 2. The van der Waals surface area contributed by atoms with E-state index >= 15 is 0 Å². The Bertz CT molecular complexity index is 909. The molecule has 1 aliphatic carbocycles. The lowest BCUT2D eigenvalue weighted by molar-refractivity contribution is 0.102. The molecule has 0 saturated heterocycles. The summed E-state index contributed by atoms with van der Waals surface area (Å²) >= 11 is 4.58. The molecule has 3 heterocycles. The highest BCUT2D eigenvalue weighted by atomic mass is 32.2. The molecule has 0 aliphatic heterocycles. The van der Waals surface area contributed by atoms with Crippen LogP contribution < -0.4 is 0 Å². The monoisotopic (exact) mass is 390 g/mol. The highest BCUT2D eigenvalue weighted by molar-refractivity contribution is 7.99. The average Bonchev–Trinajstić information content (AvgIpc) is 3.30. The van der Waals surface area contributed by atoms with Gasteiger partial charge < -0.3 is 4.42 Å². The van der Waals surface area contributed by atoms with Crippen molar-refractivity contribution in [2.75, 3.05) is 5.75 Å². The number of thiophene rings is 2. The summed E-state index contributed by atoms with van der Waals surface area (Å²) in [4.78, 5) is 16.6. The molecule has 3 aromatic rings. The first kappa shape index (κ1) is 17.0. The van der Waals surface area contributed by atoms with Crippen LogP contribution in [0.5, 0.6) is 0 Å². The van der Waals surface area contributed by atoms with Crippen molar-refractivity contribution in [3.05, 3.63) is 38.4 Å². The molecule has 130 valence electrons. The second kappa shape index (κ2) is 7.05. The first-order valence-corrected chi connectivity index (χ1v) is 10.9. The number of nitrogens with zero attached hydrogens (tertiary/aromatic N) is 2. The van der Waals surface area contributed by atoms with E-state index in [1.54, 1.807) is 11.3 Å². The second-order valence-electron chi connectivity index (χ2n) is 6.40. The predicted octanol–water partition coefficient (Wildman–Crippen LogP) is 5.27. The zero-order valence-electron chi connectivity index (χ0n) is 14.1. The van der Waals surface area contributed by atoms with Crippen molar-refractivity contribution in [2.45, 2.75) is 38.3 Å². The molecule has 3 aromatic heterocycles. The van der Waals surface area contributed by atoms with Gasteiger partial charge in [-0.25, -0.2) is 0 Å². The first-order valence-electron chi connectivity index (χ1n) is 8.26. The third kappa shape index (κ3) is 3.73. The molecule has 0 N–H and O–H groups in total. The number of fused-ring (bicyclic) bond motifs is 1. The van der Waals surface area contributed by atoms with Crippen molar-refractivity contribution in [3.63, 3.8) is 0 Å². The number of Topliss-reactive ketones (excluding diaryl/α,β-unsaturated/α-hetero) is 1. The molecule has 0 bridgehead atoms. The number of carbonyl (C=O) groups excluding carboxylic acids is 1. The smallest absolute Gasteiger partial charge is 0.277 e. The van der Waals surface area contributed by atoms with Crippen LogP contribution in [0.4, 0.5) is 0 Å². The molecule has 0 saturated carbocycles. The van der Waals surface area contributed by atoms with Gasteiger partial charge in [-0.15, -0.1) is 32.9 Å². The van der Waals surface area contributed by atoms with Gasteiger partial charge in [0.15, 0.2) is 5.78 Å². The molecule has 0 amide bonds. The van der Waals surface area contributed by atoms with Crippen LogP contribution in [-0.2, 0) is 12.8 Å². The lowest BCUT2D eigenvalue weighted by atomic mass is 9.90. The average molecular weight is 391 g/mol. The number of thioether (sulfide) groups is 1. The number of carbonyl (C=O) groups is 1. The largest absolute Gasteiger partial charge is 0.410 e.